The molecule has 0 spiro atoms. The van der Waals surface area contributed by atoms with Crippen molar-refractivity contribution in [3.05, 3.63) is 41.7 Å². The van der Waals surface area contributed by atoms with Crippen LogP contribution in [0.1, 0.15) is 24.1 Å². The SMILES string of the molecule is Cn1nccc1CCOc1cccc2c1CCCC(=O)N2. The zero-order chi connectivity index (χ0) is 14.7. The van der Waals surface area contributed by atoms with E-state index in [-0.39, 0.29) is 5.91 Å². The summed E-state index contributed by atoms with van der Waals surface area (Å²) >= 11 is 0. The first-order valence-electron chi connectivity index (χ1n) is 7.25. The number of carbonyl (C=O) groups excluding carboxylic acids is 1. The predicted molar refractivity (Wildman–Crippen MR) is 80.4 cm³/mol. The highest BCUT2D eigenvalue weighted by molar-refractivity contribution is 5.92. The summed E-state index contributed by atoms with van der Waals surface area (Å²) < 4.78 is 7.79. The topological polar surface area (TPSA) is 56.2 Å². The molecule has 1 aromatic heterocycles. The molecule has 1 aliphatic rings. The molecule has 2 aromatic rings. The van der Waals surface area contributed by atoms with Crippen molar-refractivity contribution in [1.82, 2.24) is 9.78 Å². The summed E-state index contributed by atoms with van der Waals surface area (Å²) in [5.41, 5.74) is 3.13. The Bertz CT molecular complexity index is 649. The van der Waals surface area contributed by atoms with Crippen molar-refractivity contribution in [1.29, 1.82) is 0 Å². The molecule has 110 valence electrons. The normalized spacial score (nSPS) is 14.2. The number of fused-ring (bicyclic) bond motifs is 1. The summed E-state index contributed by atoms with van der Waals surface area (Å²) in [5.74, 6) is 0.956. The van der Waals surface area contributed by atoms with E-state index >= 15 is 0 Å². The molecule has 1 aliphatic heterocycles. The number of anilines is 1. The quantitative estimate of drug-likeness (QED) is 0.938. The van der Waals surface area contributed by atoms with Crippen LogP contribution in [-0.4, -0.2) is 22.3 Å². The first-order valence-corrected chi connectivity index (χ1v) is 7.25. The fraction of sp³-hybridized carbons (Fsp3) is 0.375. The van der Waals surface area contributed by atoms with Crippen LogP contribution in [-0.2, 0) is 24.7 Å². The average Bonchev–Trinajstić information content (AvgIpc) is 2.76. The van der Waals surface area contributed by atoms with Gasteiger partial charge in [0.15, 0.2) is 0 Å². The van der Waals surface area contributed by atoms with Crippen LogP contribution in [0, 0.1) is 0 Å². The van der Waals surface area contributed by atoms with Crippen LogP contribution in [0.15, 0.2) is 30.5 Å². The van der Waals surface area contributed by atoms with Gasteiger partial charge in [-0.05, 0) is 31.0 Å². The maximum absolute atomic E-state index is 11.6. The van der Waals surface area contributed by atoms with Crippen molar-refractivity contribution < 1.29 is 9.53 Å². The lowest BCUT2D eigenvalue weighted by atomic mass is 10.1. The van der Waals surface area contributed by atoms with Gasteiger partial charge >= 0.3 is 0 Å². The van der Waals surface area contributed by atoms with Gasteiger partial charge in [0.2, 0.25) is 5.91 Å². The highest BCUT2D eigenvalue weighted by Crippen LogP contribution is 2.30. The van der Waals surface area contributed by atoms with E-state index in [0.717, 1.165) is 42.0 Å². The summed E-state index contributed by atoms with van der Waals surface area (Å²) in [7, 11) is 1.93. The van der Waals surface area contributed by atoms with Crippen molar-refractivity contribution in [3.8, 4) is 5.75 Å². The molecule has 2 heterocycles. The Hall–Kier alpha value is -2.30. The van der Waals surface area contributed by atoms with Crippen LogP contribution < -0.4 is 10.1 Å². The first kappa shape index (κ1) is 13.7. The molecule has 1 amide bonds. The number of nitrogens with one attached hydrogen (secondary N) is 1. The molecule has 0 atom stereocenters. The van der Waals surface area contributed by atoms with Gasteiger partial charge in [-0.25, -0.2) is 0 Å². The summed E-state index contributed by atoms with van der Waals surface area (Å²) in [6.45, 7) is 0.601. The van der Waals surface area contributed by atoms with Gasteiger partial charge in [-0.3, -0.25) is 9.48 Å². The molecule has 3 rings (SSSR count). The largest absolute Gasteiger partial charge is 0.493 e. The van der Waals surface area contributed by atoms with Gasteiger partial charge in [0, 0.05) is 43.0 Å². The van der Waals surface area contributed by atoms with Crippen LogP contribution in [0.4, 0.5) is 5.69 Å². The lowest BCUT2D eigenvalue weighted by Crippen LogP contribution is -2.10. The number of carbonyl (C=O) groups is 1. The second-order valence-electron chi connectivity index (χ2n) is 5.23. The van der Waals surface area contributed by atoms with Gasteiger partial charge in [0.25, 0.3) is 0 Å². The minimum atomic E-state index is 0.0841. The summed E-state index contributed by atoms with van der Waals surface area (Å²) in [4.78, 5) is 11.6. The fourth-order valence-corrected chi connectivity index (χ4v) is 2.63. The fourth-order valence-electron chi connectivity index (χ4n) is 2.63. The minimum absolute atomic E-state index is 0.0841. The van der Waals surface area contributed by atoms with E-state index in [1.807, 2.05) is 36.0 Å². The second-order valence-corrected chi connectivity index (χ2v) is 5.23. The Morgan fingerprint density at radius 3 is 3.05 bits per heavy atom. The van der Waals surface area contributed by atoms with Crippen molar-refractivity contribution in [2.75, 3.05) is 11.9 Å². The van der Waals surface area contributed by atoms with E-state index in [1.165, 1.54) is 0 Å². The minimum Gasteiger partial charge on any atom is -0.493 e. The van der Waals surface area contributed by atoms with E-state index in [1.54, 1.807) is 6.20 Å². The van der Waals surface area contributed by atoms with E-state index in [0.29, 0.717) is 13.0 Å². The molecule has 1 N–H and O–H groups in total. The van der Waals surface area contributed by atoms with Gasteiger partial charge < -0.3 is 10.1 Å². The highest BCUT2D eigenvalue weighted by Gasteiger charge is 2.16. The van der Waals surface area contributed by atoms with Crippen LogP contribution >= 0.6 is 0 Å². The maximum atomic E-state index is 11.6. The number of nitrogens with zero attached hydrogens (tertiary/aromatic N) is 2. The lowest BCUT2D eigenvalue weighted by molar-refractivity contribution is -0.116. The molecule has 5 nitrogen and oxygen atoms in total. The molecule has 0 saturated carbocycles. The Labute approximate surface area is 123 Å². The van der Waals surface area contributed by atoms with Gasteiger partial charge in [-0.2, -0.15) is 5.10 Å². The third kappa shape index (κ3) is 3.07. The number of hydrogen-bond donors (Lipinski definition) is 1. The van der Waals surface area contributed by atoms with E-state index in [2.05, 4.69) is 10.4 Å². The number of amides is 1. The van der Waals surface area contributed by atoms with Crippen molar-refractivity contribution >= 4 is 11.6 Å². The smallest absolute Gasteiger partial charge is 0.224 e. The molecule has 0 radical (unpaired) electrons. The third-order valence-electron chi connectivity index (χ3n) is 3.78. The van der Waals surface area contributed by atoms with E-state index in [4.69, 9.17) is 4.74 Å². The van der Waals surface area contributed by atoms with E-state index in [9.17, 15) is 4.79 Å². The van der Waals surface area contributed by atoms with Crippen LogP contribution in [0.5, 0.6) is 5.75 Å². The van der Waals surface area contributed by atoms with Gasteiger partial charge in [-0.15, -0.1) is 0 Å². The van der Waals surface area contributed by atoms with Crippen LogP contribution in [0.3, 0.4) is 0 Å². The molecule has 21 heavy (non-hydrogen) atoms. The van der Waals surface area contributed by atoms with Crippen LogP contribution in [0.2, 0.25) is 0 Å². The summed E-state index contributed by atoms with van der Waals surface area (Å²) in [5, 5.41) is 7.09. The Morgan fingerprint density at radius 1 is 1.33 bits per heavy atom. The van der Waals surface area contributed by atoms with Crippen molar-refractivity contribution in [2.24, 2.45) is 7.05 Å². The summed E-state index contributed by atoms with van der Waals surface area (Å²) in [6, 6.07) is 7.82. The Kier molecular flexibility index (Phi) is 3.90. The number of hydrogen-bond acceptors (Lipinski definition) is 3. The Balaban J connectivity index is 1.70. The monoisotopic (exact) mass is 285 g/mol. The molecule has 1 aromatic carbocycles. The molecular formula is C16H19N3O2. The Morgan fingerprint density at radius 2 is 2.24 bits per heavy atom. The highest BCUT2D eigenvalue weighted by atomic mass is 16.5. The van der Waals surface area contributed by atoms with Crippen molar-refractivity contribution in [2.45, 2.75) is 25.7 Å². The lowest BCUT2D eigenvalue weighted by Gasteiger charge is -2.13. The van der Waals surface area contributed by atoms with Crippen LogP contribution in [0.25, 0.3) is 0 Å². The standard InChI is InChI=1S/C16H19N3O2/c1-19-12(8-10-17-19)9-11-21-15-6-3-5-14-13(15)4-2-7-16(20)18-14/h3,5-6,8,10H,2,4,7,9,11H2,1H3,(H,18,20). The molecular weight excluding hydrogens is 266 g/mol. The average molecular weight is 285 g/mol. The summed E-state index contributed by atoms with van der Waals surface area (Å²) in [6.07, 6.45) is 4.91. The van der Waals surface area contributed by atoms with E-state index < -0.39 is 0 Å². The third-order valence-corrected chi connectivity index (χ3v) is 3.78. The maximum Gasteiger partial charge on any atom is 0.224 e. The van der Waals surface area contributed by atoms with Crippen molar-refractivity contribution in [3.63, 3.8) is 0 Å². The molecule has 0 bridgehead atoms. The number of rotatable bonds is 4. The number of benzene rings is 1. The number of aromatic nitrogens is 2. The predicted octanol–water partition coefficient (Wildman–Crippen LogP) is 2.32. The number of aryl methyl sites for hydroxylation is 1. The molecule has 0 saturated heterocycles. The molecule has 5 heteroatoms. The van der Waals surface area contributed by atoms with Gasteiger partial charge in [-0.1, -0.05) is 6.07 Å². The zero-order valence-corrected chi connectivity index (χ0v) is 12.1. The molecule has 0 aliphatic carbocycles. The molecule has 0 unspecified atom stereocenters. The first-order chi connectivity index (χ1) is 10.2. The van der Waals surface area contributed by atoms with Gasteiger partial charge in [0.1, 0.15) is 5.75 Å². The zero-order valence-electron chi connectivity index (χ0n) is 12.1. The number of ether oxygens (including phenoxy) is 1. The van der Waals surface area contributed by atoms with Gasteiger partial charge in [0.05, 0.1) is 6.61 Å². The molecule has 0 fully saturated rings. The second kappa shape index (κ2) is 5.99.